The Bertz CT molecular complexity index is 1030. The van der Waals surface area contributed by atoms with Gasteiger partial charge in [-0.1, -0.05) is 37.7 Å². The van der Waals surface area contributed by atoms with Crippen LogP contribution in [0.15, 0.2) is 45.0 Å². The smallest absolute Gasteiger partial charge is 0.240 e. The minimum Gasteiger partial charge on any atom is -0.381 e. The van der Waals surface area contributed by atoms with Gasteiger partial charge in [0.2, 0.25) is 10.0 Å². The van der Waals surface area contributed by atoms with Crippen molar-refractivity contribution in [1.29, 1.82) is 0 Å². The first kappa shape index (κ1) is 21.8. The van der Waals surface area contributed by atoms with Crippen molar-refractivity contribution < 1.29 is 17.5 Å². The number of sulfonamides is 1. The quantitative estimate of drug-likeness (QED) is 0.705. The summed E-state index contributed by atoms with van der Waals surface area (Å²) in [5, 5.41) is 0. The highest BCUT2D eigenvalue weighted by molar-refractivity contribution is 7.99. The first-order chi connectivity index (χ1) is 14.3. The number of nitrogens with one attached hydrogen (secondary N) is 1. The average Bonchev–Trinajstić information content (AvgIpc) is 2.90. The minimum absolute atomic E-state index is 0.0815. The number of rotatable bonds is 5. The fourth-order valence-electron chi connectivity index (χ4n) is 4.07. The van der Waals surface area contributed by atoms with Gasteiger partial charge in [0.25, 0.3) is 0 Å². The standard InChI is InChI=1S/C23H28FNO3S2/c1-15(2)20-11-18-4-3-17-5-6-19(24)12-21(17)29-22(18)13-23(20)30(26,27)25-14-16-7-9-28-10-8-16/h5-6,11-13,15-16,25H,3-4,7-10,14H2,1-2H3. The van der Waals surface area contributed by atoms with Crippen molar-refractivity contribution in [2.45, 2.75) is 60.1 Å². The molecule has 1 saturated heterocycles. The van der Waals surface area contributed by atoms with E-state index in [1.807, 2.05) is 26.0 Å². The van der Waals surface area contributed by atoms with Crippen LogP contribution >= 0.6 is 11.8 Å². The molecule has 0 spiro atoms. The summed E-state index contributed by atoms with van der Waals surface area (Å²) in [6, 6.07) is 8.70. The fraction of sp³-hybridized carbons (Fsp3) is 0.478. The number of benzene rings is 2. The molecule has 1 fully saturated rings. The molecule has 2 heterocycles. The van der Waals surface area contributed by atoms with Crippen molar-refractivity contribution >= 4 is 21.8 Å². The first-order valence-corrected chi connectivity index (χ1v) is 12.8. The molecule has 2 aromatic rings. The Morgan fingerprint density at radius 2 is 1.80 bits per heavy atom. The lowest BCUT2D eigenvalue weighted by Gasteiger charge is -2.23. The molecule has 0 unspecified atom stereocenters. The summed E-state index contributed by atoms with van der Waals surface area (Å²) >= 11 is 1.47. The highest BCUT2D eigenvalue weighted by Gasteiger charge is 2.26. The Labute approximate surface area is 182 Å². The van der Waals surface area contributed by atoms with Crippen molar-refractivity contribution in [2.75, 3.05) is 19.8 Å². The second kappa shape index (κ2) is 8.99. The minimum atomic E-state index is -3.64. The number of aryl methyl sites for hydroxylation is 2. The average molecular weight is 450 g/mol. The molecule has 2 aliphatic heterocycles. The van der Waals surface area contributed by atoms with E-state index in [1.54, 1.807) is 12.1 Å². The number of hydrogen-bond donors (Lipinski definition) is 1. The Balaban J connectivity index is 1.67. The predicted octanol–water partition coefficient (Wildman–Crippen LogP) is 4.90. The summed E-state index contributed by atoms with van der Waals surface area (Å²) in [5.74, 6) is 0.119. The molecule has 30 heavy (non-hydrogen) atoms. The third-order valence-corrected chi connectivity index (χ3v) is 8.60. The predicted molar refractivity (Wildman–Crippen MR) is 117 cm³/mol. The lowest BCUT2D eigenvalue weighted by atomic mass is 9.97. The summed E-state index contributed by atoms with van der Waals surface area (Å²) in [4.78, 5) is 2.11. The maximum Gasteiger partial charge on any atom is 0.240 e. The van der Waals surface area contributed by atoms with Crippen LogP contribution in [0.1, 0.15) is 49.3 Å². The van der Waals surface area contributed by atoms with Gasteiger partial charge in [-0.15, -0.1) is 0 Å². The van der Waals surface area contributed by atoms with E-state index in [9.17, 15) is 12.8 Å². The Hall–Kier alpha value is -1.41. The lowest BCUT2D eigenvalue weighted by molar-refractivity contribution is 0.0678. The van der Waals surface area contributed by atoms with Crippen molar-refractivity contribution in [3.8, 4) is 0 Å². The molecule has 162 valence electrons. The molecule has 0 amide bonds. The van der Waals surface area contributed by atoms with E-state index in [0.29, 0.717) is 30.6 Å². The van der Waals surface area contributed by atoms with Gasteiger partial charge in [0.15, 0.2) is 0 Å². The van der Waals surface area contributed by atoms with Crippen molar-refractivity contribution in [1.82, 2.24) is 4.72 Å². The maximum atomic E-state index is 13.8. The molecular weight excluding hydrogens is 421 g/mol. The van der Waals surface area contributed by atoms with Crippen LogP contribution in [0, 0.1) is 11.7 Å². The van der Waals surface area contributed by atoms with Gasteiger partial charge < -0.3 is 4.74 Å². The summed E-state index contributed by atoms with van der Waals surface area (Å²) in [6.07, 6.45) is 3.39. The molecule has 0 radical (unpaired) electrons. The maximum absolute atomic E-state index is 13.8. The number of fused-ring (bicyclic) bond motifs is 2. The van der Waals surface area contributed by atoms with E-state index in [4.69, 9.17) is 4.74 Å². The second-order valence-electron chi connectivity index (χ2n) is 8.41. The van der Waals surface area contributed by atoms with Crippen LogP contribution in [0.2, 0.25) is 0 Å². The van der Waals surface area contributed by atoms with E-state index in [2.05, 4.69) is 4.72 Å². The Kier molecular flexibility index (Phi) is 6.53. The molecule has 0 aromatic heterocycles. The van der Waals surface area contributed by atoms with Gasteiger partial charge >= 0.3 is 0 Å². The van der Waals surface area contributed by atoms with Gasteiger partial charge in [-0.05, 0) is 72.4 Å². The monoisotopic (exact) mass is 449 g/mol. The zero-order valence-electron chi connectivity index (χ0n) is 17.4. The zero-order chi connectivity index (χ0) is 21.3. The van der Waals surface area contributed by atoms with Crippen LogP contribution in [-0.4, -0.2) is 28.2 Å². The molecule has 1 N–H and O–H groups in total. The van der Waals surface area contributed by atoms with Crippen molar-refractivity contribution in [3.63, 3.8) is 0 Å². The summed E-state index contributed by atoms with van der Waals surface area (Å²) in [6.45, 7) is 5.85. The van der Waals surface area contributed by atoms with Gasteiger partial charge in [0.05, 0.1) is 4.90 Å². The number of halogens is 1. The van der Waals surface area contributed by atoms with E-state index in [0.717, 1.165) is 52.2 Å². The Morgan fingerprint density at radius 3 is 2.53 bits per heavy atom. The SMILES string of the molecule is CC(C)c1cc2c(cc1S(=O)(=O)NCC1CCOCC1)Sc1cc(F)ccc1CC2. The fourth-order valence-corrected chi connectivity index (χ4v) is 6.81. The summed E-state index contributed by atoms with van der Waals surface area (Å²) < 4.78 is 48.5. The van der Waals surface area contributed by atoms with Crippen LogP contribution in [0.5, 0.6) is 0 Å². The topological polar surface area (TPSA) is 55.4 Å². The largest absolute Gasteiger partial charge is 0.381 e. The molecular formula is C23H28FNO3S2. The number of hydrogen-bond acceptors (Lipinski definition) is 4. The second-order valence-corrected chi connectivity index (χ2v) is 11.2. The van der Waals surface area contributed by atoms with Gasteiger partial charge in [-0.3, -0.25) is 0 Å². The summed E-state index contributed by atoms with van der Waals surface area (Å²) in [7, 11) is -3.64. The molecule has 0 bridgehead atoms. The van der Waals surface area contributed by atoms with Gasteiger partial charge in [-0.25, -0.2) is 17.5 Å². The molecule has 0 atom stereocenters. The normalized spacial score (nSPS) is 17.5. The molecule has 0 saturated carbocycles. The highest BCUT2D eigenvalue weighted by atomic mass is 32.2. The molecule has 4 rings (SSSR count). The third-order valence-electron chi connectivity index (χ3n) is 5.92. The number of ether oxygens (including phenoxy) is 1. The van der Waals surface area contributed by atoms with Crippen LogP contribution in [0.4, 0.5) is 4.39 Å². The van der Waals surface area contributed by atoms with Crippen molar-refractivity contribution in [3.05, 3.63) is 52.8 Å². The van der Waals surface area contributed by atoms with Crippen LogP contribution < -0.4 is 4.72 Å². The molecule has 0 aliphatic carbocycles. The third kappa shape index (κ3) is 4.74. The summed E-state index contributed by atoms with van der Waals surface area (Å²) in [5.41, 5.74) is 3.07. The van der Waals surface area contributed by atoms with E-state index >= 15 is 0 Å². The zero-order valence-corrected chi connectivity index (χ0v) is 19.0. The molecule has 2 aliphatic rings. The molecule has 7 heteroatoms. The first-order valence-electron chi connectivity index (χ1n) is 10.5. The van der Waals surface area contributed by atoms with E-state index < -0.39 is 10.0 Å². The van der Waals surface area contributed by atoms with Gasteiger partial charge in [-0.2, -0.15) is 0 Å². The van der Waals surface area contributed by atoms with Crippen molar-refractivity contribution in [2.24, 2.45) is 5.92 Å². The highest BCUT2D eigenvalue weighted by Crippen LogP contribution is 2.40. The molecule has 2 aromatic carbocycles. The van der Waals surface area contributed by atoms with Crippen LogP contribution in [0.3, 0.4) is 0 Å². The van der Waals surface area contributed by atoms with Crippen LogP contribution in [-0.2, 0) is 27.6 Å². The van der Waals surface area contributed by atoms with Gasteiger partial charge in [0, 0.05) is 29.5 Å². The van der Waals surface area contributed by atoms with E-state index in [-0.39, 0.29) is 11.7 Å². The van der Waals surface area contributed by atoms with Gasteiger partial charge in [0.1, 0.15) is 5.82 Å². The van der Waals surface area contributed by atoms with Crippen LogP contribution in [0.25, 0.3) is 0 Å². The lowest BCUT2D eigenvalue weighted by Crippen LogP contribution is -2.32. The Morgan fingerprint density at radius 1 is 1.10 bits per heavy atom. The van der Waals surface area contributed by atoms with E-state index in [1.165, 1.54) is 17.8 Å². The molecule has 4 nitrogen and oxygen atoms in total.